The molecule has 0 radical (unpaired) electrons. The van der Waals surface area contributed by atoms with Gasteiger partial charge in [0.05, 0.1) is 5.54 Å². The van der Waals surface area contributed by atoms with Crippen LogP contribution in [0.25, 0.3) is 0 Å². The predicted molar refractivity (Wildman–Crippen MR) is 78.1 cm³/mol. The summed E-state index contributed by atoms with van der Waals surface area (Å²) in [6, 6.07) is 7.26. The summed E-state index contributed by atoms with van der Waals surface area (Å²) in [6.45, 7) is 5.18. The maximum Gasteiger partial charge on any atom is 0.239 e. The van der Waals surface area contributed by atoms with Crippen LogP contribution < -0.4 is 16.4 Å². The van der Waals surface area contributed by atoms with Crippen LogP contribution in [-0.2, 0) is 16.1 Å². The van der Waals surface area contributed by atoms with E-state index >= 15 is 0 Å². The summed E-state index contributed by atoms with van der Waals surface area (Å²) in [4.78, 5) is 22.4. The number of hydrogen-bond acceptors (Lipinski definition) is 3. The Bertz CT molecular complexity index is 438. The largest absolute Gasteiger partial charge is 0.350 e. The second-order valence-electron chi connectivity index (χ2n) is 4.78. The molecule has 0 saturated carbocycles. The van der Waals surface area contributed by atoms with E-state index in [-0.39, 0.29) is 24.2 Å². The van der Waals surface area contributed by atoms with Gasteiger partial charge in [0.2, 0.25) is 11.8 Å². The average Bonchev–Trinajstić information content (AvgIpc) is 2.25. The molecule has 19 heavy (non-hydrogen) atoms. The van der Waals surface area contributed by atoms with Crippen molar-refractivity contribution in [2.45, 2.75) is 32.9 Å². The predicted octanol–water partition coefficient (Wildman–Crippen LogP) is 1.42. The molecular weight excluding hydrogens is 266 g/mol. The first-order chi connectivity index (χ1) is 8.29. The second kappa shape index (κ2) is 7.11. The molecule has 0 bridgehead atoms. The van der Waals surface area contributed by atoms with Crippen LogP contribution in [0, 0.1) is 0 Å². The topological polar surface area (TPSA) is 84.2 Å². The zero-order valence-electron chi connectivity index (χ0n) is 11.3. The number of amides is 2. The number of rotatable bonds is 4. The molecule has 0 aromatic heterocycles. The minimum Gasteiger partial charge on any atom is -0.350 e. The quantitative estimate of drug-likeness (QED) is 0.782. The normalized spacial score (nSPS) is 10.3. The molecule has 0 aliphatic carbocycles. The highest BCUT2D eigenvalue weighted by Gasteiger charge is 2.20. The van der Waals surface area contributed by atoms with Gasteiger partial charge in [-0.3, -0.25) is 9.59 Å². The van der Waals surface area contributed by atoms with E-state index in [1.807, 2.05) is 12.1 Å². The minimum atomic E-state index is -0.879. The van der Waals surface area contributed by atoms with E-state index in [2.05, 4.69) is 10.6 Å². The van der Waals surface area contributed by atoms with Crippen LogP contribution in [0.15, 0.2) is 24.3 Å². The number of carbonyl (C=O) groups excluding carboxylic acids is 2. The number of nitrogens with one attached hydrogen (secondary N) is 2. The van der Waals surface area contributed by atoms with Crippen LogP contribution in [-0.4, -0.2) is 17.4 Å². The Labute approximate surface area is 119 Å². The second-order valence-corrected chi connectivity index (χ2v) is 4.78. The van der Waals surface area contributed by atoms with Gasteiger partial charge < -0.3 is 16.4 Å². The van der Waals surface area contributed by atoms with E-state index in [0.29, 0.717) is 6.54 Å². The van der Waals surface area contributed by atoms with Gasteiger partial charge in [-0.1, -0.05) is 12.1 Å². The van der Waals surface area contributed by atoms with Crippen molar-refractivity contribution in [3.63, 3.8) is 0 Å². The lowest BCUT2D eigenvalue weighted by atomic mass is 10.1. The van der Waals surface area contributed by atoms with Crippen LogP contribution in [0.5, 0.6) is 0 Å². The first-order valence-corrected chi connectivity index (χ1v) is 5.73. The van der Waals surface area contributed by atoms with E-state index < -0.39 is 5.54 Å². The Morgan fingerprint density at radius 1 is 1.21 bits per heavy atom. The van der Waals surface area contributed by atoms with Crippen molar-refractivity contribution in [2.75, 3.05) is 5.32 Å². The summed E-state index contributed by atoms with van der Waals surface area (Å²) in [5.74, 6) is -0.311. The van der Waals surface area contributed by atoms with E-state index in [1.54, 1.807) is 26.0 Å². The smallest absolute Gasteiger partial charge is 0.239 e. The van der Waals surface area contributed by atoms with E-state index in [0.717, 1.165) is 11.3 Å². The number of hydrogen-bond donors (Lipinski definition) is 3. The van der Waals surface area contributed by atoms with Gasteiger partial charge in [-0.25, -0.2) is 0 Å². The zero-order chi connectivity index (χ0) is 13.8. The van der Waals surface area contributed by atoms with Gasteiger partial charge in [-0.2, -0.15) is 0 Å². The van der Waals surface area contributed by atoms with E-state index in [1.165, 1.54) is 6.92 Å². The number of benzene rings is 1. The van der Waals surface area contributed by atoms with Crippen molar-refractivity contribution in [3.05, 3.63) is 29.8 Å². The molecule has 1 rings (SSSR count). The van der Waals surface area contributed by atoms with Crippen molar-refractivity contribution in [1.82, 2.24) is 5.32 Å². The standard InChI is InChI=1S/C13H19N3O2.ClH/c1-9(17)16-11-6-4-10(5-7-11)8-15-12(18)13(2,3)14;/h4-7H,8,14H2,1-3H3,(H,15,18)(H,16,17);1H. The van der Waals surface area contributed by atoms with Gasteiger partial charge >= 0.3 is 0 Å². The summed E-state index contributed by atoms with van der Waals surface area (Å²) < 4.78 is 0. The third-order valence-corrected chi connectivity index (χ3v) is 2.31. The van der Waals surface area contributed by atoms with Gasteiger partial charge in [0.1, 0.15) is 0 Å². The van der Waals surface area contributed by atoms with E-state index in [4.69, 9.17) is 5.73 Å². The average molecular weight is 286 g/mol. The molecule has 0 aliphatic rings. The van der Waals surface area contributed by atoms with Crippen LogP contribution in [0.1, 0.15) is 26.3 Å². The van der Waals surface area contributed by atoms with Crippen molar-refractivity contribution < 1.29 is 9.59 Å². The van der Waals surface area contributed by atoms with Crippen molar-refractivity contribution >= 4 is 29.9 Å². The highest BCUT2D eigenvalue weighted by Crippen LogP contribution is 2.09. The molecule has 1 aromatic rings. The first kappa shape index (κ1) is 17.4. The highest BCUT2D eigenvalue weighted by atomic mass is 35.5. The van der Waals surface area contributed by atoms with Crippen LogP contribution in [0.4, 0.5) is 5.69 Å². The number of anilines is 1. The Morgan fingerprint density at radius 2 is 1.74 bits per heavy atom. The molecule has 0 aliphatic heterocycles. The van der Waals surface area contributed by atoms with E-state index in [9.17, 15) is 9.59 Å². The molecule has 0 fully saturated rings. The summed E-state index contributed by atoms with van der Waals surface area (Å²) in [5, 5.41) is 5.42. The molecule has 0 atom stereocenters. The zero-order valence-corrected chi connectivity index (χ0v) is 12.1. The number of nitrogens with two attached hydrogens (primary N) is 1. The molecule has 5 nitrogen and oxygen atoms in total. The first-order valence-electron chi connectivity index (χ1n) is 5.73. The molecular formula is C13H20ClN3O2. The maximum absolute atomic E-state index is 11.6. The number of carbonyl (C=O) groups is 2. The third-order valence-electron chi connectivity index (χ3n) is 2.31. The Hall–Kier alpha value is -1.59. The molecule has 0 saturated heterocycles. The Balaban J connectivity index is 0.00000324. The highest BCUT2D eigenvalue weighted by molar-refractivity contribution is 5.88. The molecule has 106 valence electrons. The molecule has 4 N–H and O–H groups in total. The summed E-state index contributed by atoms with van der Waals surface area (Å²) in [5.41, 5.74) is 6.46. The van der Waals surface area contributed by atoms with Crippen LogP contribution in [0.3, 0.4) is 0 Å². The summed E-state index contributed by atoms with van der Waals surface area (Å²) >= 11 is 0. The van der Waals surface area contributed by atoms with Gasteiger partial charge in [0.25, 0.3) is 0 Å². The minimum absolute atomic E-state index is 0. The van der Waals surface area contributed by atoms with Gasteiger partial charge in [-0.15, -0.1) is 12.4 Å². The van der Waals surface area contributed by atoms with Crippen LogP contribution in [0.2, 0.25) is 0 Å². The summed E-state index contributed by atoms with van der Waals surface area (Å²) in [7, 11) is 0. The Morgan fingerprint density at radius 3 is 2.16 bits per heavy atom. The van der Waals surface area contributed by atoms with Crippen molar-refractivity contribution in [3.8, 4) is 0 Å². The fourth-order valence-corrected chi connectivity index (χ4v) is 1.32. The monoisotopic (exact) mass is 285 g/mol. The van der Waals surface area contributed by atoms with Gasteiger partial charge in [0.15, 0.2) is 0 Å². The number of halogens is 1. The lowest BCUT2D eigenvalue weighted by molar-refractivity contribution is -0.125. The third kappa shape index (κ3) is 6.22. The maximum atomic E-state index is 11.6. The Kier molecular flexibility index (Phi) is 6.52. The SMILES string of the molecule is CC(=O)Nc1ccc(CNC(=O)C(C)(C)N)cc1.Cl. The lowest BCUT2D eigenvalue weighted by Crippen LogP contribution is -2.48. The molecule has 0 unspecified atom stereocenters. The molecule has 2 amide bonds. The summed E-state index contributed by atoms with van der Waals surface area (Å²) in [6.07, 6.45) is 0. The molecule has 0 heterocycles. The van der Waals surface area contributed by atoms with Crippen molar-refractivity contribution in [1.29, 1.82) is 0 Å². The van der Waals surface area contributed by atoms with Gasteiger partial charge in [-0.05, 0) is 31.5 Å². The lowest BCUT2D eigenvalue weighted by Gasteiger charge is -2.17. The van der Waals surface area contributed by atoms with Gasteiger partial charge in [0, 0.05) is 19.2 Å². The molecule has 1 aromatic carbocycles. The molecule has 0 spiro atoms. The van der Waals surface area contributed by atoms with Crippen molar-refractivity contribution in [2.24, 2.45) is 5.73 Å². The fraction of sp³-hybridized carbons (Fsp3) is 0.385. The van der Waals surface area contributed by atoms with Crippen LogP contribution >= 0.6 is 12.4 Å². The fourth-order valence-electron chi connectivity index (χ4n) is 1.32. The molecule has 6 heteroatoms.